The van der Waals surface area contributed by atoms with Gasteiger partial charge in [0.15, 0.2) is 11.4 Å². The van der Waals surface area contributed by atoms with Crippen LogP contribution in [0, 0.1) is 11.8 Å². The Morgan fingerprint density at radius 3 is 2.28 bits per heavy atom. The number of Topliss-reactive ketones (excluding diaryl/α,β-unsaturated/α-hetero) is 2. The number of primary amides is 1. The van der Waals surface area contributed by atoms with Gasteiger partial charge < -0.3 is 31.1 Å². The molecular formula is C33H39N3O7. The van der Waals surface area contributed by atoms with Crippen molar-refractivity contribution in [2.24, 2.45) is 17.6 Å². The van der Waals surface area contributed by atoms with Crippen molar-refractivity contribution < 1.29 is 34.8 Å². The van der Waals surface area contributed by atoms with E-state index in [2.05, 4.69) is 6.92 Å². The smallest absolute Gasteiger partial charge is 0.255 e. The van der Waals surface area contributed by atoms with Gasteiger partial charge in [-0.15, -0.1) is 0 Å². The Balaban J connectivity index is 1.69. The Kier molecular flexibility index (Phi) is 7.64. The molecule has 0 radical (unpaired) electrons. The number of ketones is 2. The van der Waals surface area contributed by atoms with E-state index in [0.717, 1.165) is 19.3 Å². The highest BCUT2D eigenvalue weighted by Gasteiger charge is 2.63. The van der Waals surface area contributed by atoms with Crippen molar-refractivity contribution in [3.8, 4) is 16.9 Å². The van der Waals surface area contributed by atoms with Gasteiger partial charge in [0.25, 0.3) is 5.91 Å². The molecule has 4 atom stereocenters. The number of unbranched alkanes of at least 4 members (excludes halogenated alkanes) is 1. The third kappa shape index (κ3) is 4.51. The Morgan fingerprint density at radius 2 is 1.72 bits per heavy atom. The van der Waals surface area contributed by atoms with E-state index >= 15 is 0 Å². The molecule has 0 aromatic heterocycles. The highest BCUT2D eigenvalue weighted by Crippen LogP contribution is 2.54. The van der Waals surface area contributed by atoms with Gasteiger partial charge in [-0.05, 0) is 68.5 Å². The van der Waals surface area contributed by atoms with Crippen LogP contribution in [0.25, 0.3) is 11.1 Å². The fraction of sp³-hybridized carbons (Fsp3) is 0.424. The number of aliphatic hydroxyl groups is 3. The number of benzene rings is 2. The molecule has 0 heterocycles. The first-order valence-corrected chi connectivity index (χ1v) is 14.6. The number of carbonyl (C=O) groups is 3. The average Bonchev–Trinajstić information content (AvgIpc) is 2.93. The lowest BCUT2D eigenvalue weighted by Crippen LogP contribution is -2.63. The van der Waals surface area contributed by atoms with Crippen molar-refractivity contribution in [2.45, 2.75) is 50.7 Å². The molecule has 0 unspecified atom stereocenters. The highest BCUT2D eigenvalue weighted by molar-refractivity contribution is 6.25. The molecular weight excluding hydrogens is 550 g/mol. The van der Waals surface area contributed by atoms with E-state index in [0.29, 0.717) is 22.4 Å². The SMILES string of the molecule is CCCCc1ccc(-c2cc(N(C)C)c3c(c2O)C(=O)C2=C(O)[C@]4(O)C(=O)C(C(N)=O)=C(O)[C@@H](N(C)C)[C@@H]4C[C@@H]2C3)cc1. The molecule has 228 valence electrons. The summed E-state index contributed by atoms with van der Waals surface area (Å²) in [7, 11) is 6.89. The first-order chi connectivity index (χ1) is 20.2. The van der Waals surface area contributed by atoms with Gasteiger partial charge in [0, 0.05) is 36.8 Å². The molecule has 2 aromatic carbocycles. The summed E-state index contributed by atoms with van der Waals surface area (Å²) in [4.78, 5) is 43.4. The van der Waals surface area contributed by atoms with E-state index in [1.807, 2.05) is 49.3 Å². The van der Waals surface area contributed by atoms with E-state index in [-0.39, 0.29) is 29.7 Å². The Labute approximate surface area is 250 Å². The van der Waals surface area contributed by atoms with Crippen LogP contribution >= 0.6 is 0 Å². The van der Waals surface area contributed by atoms with Crippen molar-refractivity contribution in [1.29, 1.82) is 0 Å². The minimum atomic E-state index is -2.67. The topological polar surface area (TPSA) is 165 Å². The van der Waals surface area contributed by atoms with Crippen LogP contribution in [0.1, 0.15) is 47.7 Å². The summed E-state index contributed by atoms with van der Waals surface area (Å²) in [6.45, 7) is 2.13. The van der Waals surface area contributed by atoms with Gasteiger partial charge >= 0.3 is 0 Å². The molecule has 3 aliphatic rings. The number of aromatic hydroxyl groups is 1. The van der Waals surface area contributed by atoms with Crippen molar-refractivity contribution in [3.05, 3.63) is 69.7 Å². The minimum Gasteiger partial charge on any atom is -0.510 e. The number of nitrogens with zero attached hydrogens (tertiary/aromatic N) is 2. The van der Waals surface area contributed by atoms with Gasteiger partial charge in [-0.1, -0.05) is 37.6 Å². The molecule has 0 saturated heterocycles. The van der Waals surface area contributed by atoms with Gasteiger partial charge in [0.2, 0.25) is 5.78 Å². The molecule has 6 N–H and O–H groups in total. The zero-order valence-electron chi connectivity index (χ0n) is 25.1. The van der Waals surface area contributed by atoms with Crippen LogP contribution in [0.2, 0.25) is 0 Å². The summed E-state index contributed by atoms with van der Waals surface area (Å²) in [6, 6.07) is 8.61. The normalized spacial score (nSPS) is 25.0. The molecule has 10 nitrogen and oxygen atoms in total. The lowest BCUT2D eigenvalue weighted by molar-refractivity contribution is -0.148. The first-order valence-electron chi connectivity index (χ1n) is 14.6. The molecule has 3 aliphatic carbocycles. The quantitative estimate of drug-likeness (QED) is 0.305. The van der Waals surface area contributed by atoms with Crippen molar-refractivity contribution in [1.82, 2.24) is 4.90 Å². The maximum absolute atomic E-state index is 14.2. The number of anilines is 1. The van der Waals surface area contributed by atoms with Gasteiger partial charge in [0.1, 0.15) is 22.8 Å². The molecule has 0 spiro atoms. The van der Waals surface area contributed by atoms with Crippen LogP contribution in [0.3, 0.4) is 0 Å². The minimum absolute atomic E-state index is 0.00274. The maximum atomic E-state index is 14.2. The predicted octanol–water partition coefficient (Wildman–Crippen LogP) is 3.20. The van der Waals surface area contributed by atoms with Crippen LogP contribution in [-0.4, -0.2) is 82.6 Å². The molecule has 43 heavy (non-hydrogen) atoms. The summed E-state index contributed by atoms with van der Waals surface area (Å²) < 4.78 is 0. The highest BCUT2D eigenvalue weighted by atomic mass is 16.3. The number of aliphatic hydroxyl groups excluding tert-OH is 2. The van der Waals surface area contributed by atoms with Crippen LogP contribution < -0.4 is 10.6 Å². The predicted molar refractivity (Wildman–Crippen MR) is 162 cm³/mol. The third-order valence-electron chi connectivity index (χ3n) is 9.26. The maximum Gasteiger partial charge on any atom is 0.255 e. The van der Waals surface area contributed by atoms with Gasteiger partial charge in [-0.2, -0.15) is 0 Å². The number of aryl methyl sites for hydroxylation is 1. The number of phenolic OH excluding ortho intramolecular Hbond substituents is 1. The monoisotopic (exact) mass is 589 g/mol. The van der Waals surface area contributed by atoms with Crippen LogP contribution in [-0.2, 0) is 22.4 Å². The molecule has 2 aromatic rings. The van der Waals surface area contributed by atoms with Crippen LogP contribution in [0.5, 0.6) is 5.75 Å². The number of nitrogens with two attached hydrogens (primary N) is 1. The number of phenols is 1. The lowest BCUT2D eigenvalue weighted by Gasteiger charge is -2.50. The second-order valence-corrected chi connectivity index (χ2v) is 12.3. The molecule has 1 amide bonds. The molecule has 0 bridgehead atoms. The fourth-order valence-electron chi connectivity index (χ4n) is 7.15. The number of hydrogen-bond acceptors (Lipinski definition) is 9. The van der Waals surface area contributed by atoms with Gasteiger partial charge in [-0.25, -0.2) is 0 Å². The largest absolute Gasteiger partial charge is 0.510 e. The summed E-state index contributed by atoms with van der Waals surface area (Å²) in [6.07, 6.45) is 3.34. The van der Waals surface area contributed by atoms with E-state index in [9.17, 15) is 34.8 Å². The van der Waals surface area contributed by atoms with Crippen molar-refractivity contribution in [2.75, 3.05) is 33.1 Å². The molecule has 5 rings (SSSR count). The summed E-state index contributed by atoms with van der Waals surface area (Å²) >= 11 is 0. The van der Waals surface area contributed by atoms with Crippen molar-refractivity contribution >= 4 is 23.2 Å². The third-order valence-corrected chi connectivity index (χ3v) is 9.26. The average molecular weight is 590 g/mol. The molecule has 0 saturated carbocycles. The fourth-order valence-corrected chi connectivity index (χ4v) is 7.15. The zero-order valence-corrected chi connectivity index (χ0v) is 25.1. The first kappa shape index (κ1) is 30.3. The van der Waals surface area contributed by atoms with Crippen LogP contribution in [0.4, 0.5) is 5.69 Å². The number of allylic oxidation sites excluding steroid dienone is 1. The second kappa shape index (κ2) is 10.8. The number of carbonyl (C=O) groups excluding carboxylic acids is 3. The number of hydrogen-bond donors (Lipinski definition) is 5. The Hall–Kier alpha value is -4.15. The lowest BCUT2D eigenvalue weighted by atomic mass is 9.58. The summed E-state index contributed by atoms with van der Waals surface area (Å²) in [5.41, 5.74) is 5.37. The van der Waals surface area contributed by atoms with E-state index in [4.69, 9.17) is 5.73 Å². The number of amides is 1. The molecule has 0 aliphatic heterocycles. The summed E-state index contributed by atoms with van der Waals surface area (Å²) in [5.74, 6) is -6.62. The molecule has 10 heteroatoms. The van der Waals surface area contributed by atoms with E-state index < -0.39 is 58.0 Å². The Morgan fingerprint density at radius 1 is 1.07 bits per heavy atom. The second-order valence-electron chi connectivity index (χ2n) is 12.3. The van der Waals surface area contributed by atoms with Crippen LogP contribution in [0.15, 0.2) is 53.0 Å². The van der Waals surface area contributed by atoms with Crippen molar-refractivity contribution in [3.63, 3.8) is 0 Å². The van der Waals surface area contributed by atoms with Gasteiger partial charge in [-0.3, -0.25) is 19.3 Å². The van der Waals surface area contributed by atoms with Gasteiger partial charge in [0.05, 0.1) is 11.6 Å². The Bertz CT molecular complexity index is 1590. The summed E-state index contributed by atoms with van der Waals surface area (Å²) in [5, 5.41) is 46.0. The number of fused-ring (bicyclic) bond motifs is 3. The number of likely N-dealkylation sites (N-methyl/N-ethyl adjacent to an activating group) is 1. The zero-order chi connectivity index (χ0) is 31.5. The molecule has 0 fully saturated rings. The van der Waals surface area contributed by atoms with E-state index in [1.165, 1.54) is 10.5 Å². The standard InChI is InChI=1S/C33H39N3O7/c1-6-7-8-16-9-11-17(12-10-16)19-15-22(35(2)3)20-13-18-14-21-26(36(4)5)29(39)25(32(34)42)31(41)33(21,43)30(40)23(18)28(38)24(20)27(19)37/h9-12,15,18,21,26,37,39-40,43H,6-8,13-14H2,1-5H3,(H2,34,42)/t18-,21-,26-,33-/m0/s1. The number of rotatable bonds is 7. The van der Waals surface area contributed by atoms with E-state index in [1.54, 1.807) is 14.1 Å².